The SMILES string of the molecule is O=C(CN=Cc1ccncc1)CSc1nnc(-c2ccccc2)n1-c1ccccc1. The minimum Gasteiger partial charge on any atom is -0.297 e. The molecule has 7 heteroatoms. The molecule has 0 unspecified atom stereocenters. The summed E-state index contributed by atoms with van der Waals surface area (Å²) in [5.41, 5.74) is 2.84. The second kappa shape index (κ2) is 9.76. The Morgan fingerprint density at radius 2 is 1.63 bits per heavy atom. The zero-order valence-corrected chi connectivity index (χ0v) is 16.9. The summed E-state index contributed by atoms with van der Waals surface area (Å²) in [6.07, 6.45) is 5.07. The normalized spacial score (nSPS) is 11.1. The molecule has 0 aliphatic carbocycles. The summed E-state index contributed by atoms with van der Waals surface area (Å²) in [5, 5.41) is 9.41. The standard InChI is InChI=1S/C23H19N5OS/c29-21(16-25-15-18-11-13-24-14-12-18)17-30-23-27-26-22(19-7-3-1-4-8-19)28(23)20-9-5-2-6-10-20/h1-15H,16-17H2. The van der Waals surface area contributed by atoms with Gasteiger partial charge in [0, 0.05) is 29.9 Å². The Kier molecular flexibility index (Phi) is 6.41. The van der Waals surface area contributed by atoms with E-state index >= 15 is 0 Å². The number of hydrogen-bond acceptors (Lipinski definition) is 6. The fraction of sp³-hybridized carbons (Fsp3) is 0.0870. The van der Waals surface area contributed by atoms with Crippen LogP contribution in [0.25, 0.3) is 17.1 Å². The van der Waals surface area contributed by atoms with Crippen LogP contribution in [-0.2, 0) is 4.79 Å². The van der Waals surface area contributed by atoms with Gasteiger partial charge in [0.05, 0.1) is 12.3 Å². The quantitative estimate of drug-likeness (QED) is 0.321. The smallest absolute Gasteiger partial charge is 0.196 e. The van der Waals surface area contributed by atoms with Crippen molar-refractivity contribution in [2.24, 2.45) is 4.99 Å². The van der Waals surface area contributed by atoms with E-state index in [1.54, 1.807) is 18.6 Å². The molecule has 0 aliphatic heterocycles. The minimum absolute atomic E-state index is 0.0224. The van der Waals surface area contributed by atoms with Gasteiger partial charge in [0.2, 0.25) is 0 Å². The van der Waals surface area contributed by atoms with Crippen LogP contribution in [0, 0.1) is 0 Å². The number of aliphatic imine (C=N–C) groups is 1. The fourth-order valence-electron chi connectivity index (χ4n) is 2.84. The van der Waals surface area contributed by atoms with Gasteiger partial charge < -0.3 is 0 Å². The number of Topliss-reactive ketones (excluding diaryl/α,β-unsaturated/α-hetero) is 1. The number of rotatable bonds is 8. The molecule has 2 heterocycles. The van der Waals surface area contributed by atoms with Gasteiger partial charge in [-0.1, -0.05) is 60.3 Å². The van der Waals surface area contributed by atoms with E-state index < -0.39 is 0 Å². The molecular formula is C23H19N5OS. The molecule has 0 spiro atoms. The highest BCUT2D eigenvalue weighted by Gasteiger charge is 2.16. The number of carbonyl (C=O) groups is 1. The van der Waals surface area contributed by atoms with Crippen LogP contribution >= 0.6 is 11.8 Å². The van der Waals surface area contributed by atoms with Gasteiger partial charge in [0.25, 0.3) is 0 Å². The van der Waals surface area contributed by atoms with Gasteiger partial charge >= 0.3 is 0 Å². The fourth-order valence-corrected chi connectivity index (χ4v) is 3.64. The molecule has 0 saturated heterocycles. The zero-order valence-electron chi connectivity index (χ0n) is 16.1. The summed E-state index contributed by atoms with van der Waals surface area (Å²) < 4.78 is 1.98. The molecule has 0 amide bonds. The number of thioether (sulfide) groups is 1. The predicted octanol–water partition coefficient (Wildman–Crippen LogP) is 4.11. The van der Waals surface area contributed by atoms with Gasteiger partial charge in [0.1, 0.15) is 0 Å². The minimum atomic E-state index is 0.0224. The molecule has 0 bridgehead atoms. The molecule has 30 heavy (non-hydrogen) atoms. The highest BCUT2D eigenvalue weighted by atomic mass is 32.2. The Labute approximate surface area is 178 Å². The first-order valence-electron chi connectivity index (χ1n) is 9.42. The van der Waals surface area contributed by atoms with Crippen LogP contribution in [0.1, 0.15) is 5.56 Å². The molecule has 4 rings (SSSR count). The van der Waals surface area contributed by atoms with Crippen LogP contribution in [0.2, 0.25) is 0 Å². The van der Waals surface area contributed by atoms with Crippen LogP contribution in [-0.4, -0.2) is 44.0 Å². The second-order valence-electron chi connectivity index (χ2n) is 6.42. The summed E-state index contributed by atoms with van der Waals surface area (Å²) in [5.74, 6) is 1.04. The Hall–Kier alpha value is -3.58. The van der Waals surface area contributed by atoms with Crippen molar-refractivity contribution in [3.63, 3.8) is 0 Å². The summed E-state index contributed by atoms with van der Waals surface area (Å²) in [7, 11) is 0. The third-order valence-corrected chi connectivity index (χ3v) is 5.24. The molecule has 4 aromatic rings. The Morgan fingerprint density at radius 1 is 0.933 bits per heavy atom. The van der Waals surface area contributed by atoms with Gasteiger partial charge in [-0.05, 0) is 29.8 Å². The molecule has 6 nitrogen and oxygen atoms in total. The van der Waals surface area contributed by atoms with Crippen LogP contribution in [0.3, 0.4) is 0 Å². The lowest BCUT2D eigenvalue weighted by Gasteiger charge is -2.10. The van der Waals surface area contributed by atoms with Gasteiger partial charge in [0.15, 0.2) is 16.8 Å². The molecule has 2 aromatic heterocycles. The summed E-state index contributed by atoms with van der Waals surface area (Å²) >= 11 is 1.37. The molecular weight excluding hydrogens is 394 g/mol. The van der Waals surface area contributed by atoms with E-state index in [0.717, 1.165) is 22.6 Å². The first-order valence-corrected chi connectivity index (χ1v) is 10.4. The lowest BCUT2D eigenvalue weighted by atomic mass is 10.2. The number of benzene rings is 2. The summed E-state index contributed by atoms with van der Waals surface area (Å²) in [4.78, 5) is 20.5. The number of para-hydroxylation sites is 1. The van der Waals surface area contributed by atoms with Crippen molar-refractivity contribution in [3.05, 3.63) is 90.8 Å². The third-order valence-electron chi connectivity index (χ3n) is 4.26. The van der Waals surface area contributed by atoms with Crippen molar-refractivity contribution in [2.75, 3.05) is 12.3 Å². The zero-order chi connectivity index (χ0) is 20.6. The van der Waals surface area contributed by atoms with Crippen LogP contribution in [0.4, 0.5) is 0 Å². The maximum atomic E-state index is 12.3. The molecule has 148 valence electrons. The van der Waals surface area contributed by atoms with Gasteiger partial charge in [-0.25, -0.2) is 0 Å². The van der Waals surface area contributed by atoms with Gasteiger partial charge in [-0.15, -0.1) is 10.2 Å². The number of ketones is 1. The van der Waals surface area contributed by atoms with Crippen molar-refractivity contribution in [2.45, 2.75) is 5.16 Å². The van der Waals surface area contributed by atoms with E-state index in [0.29, 0.717) is 5.16 Å². The van der Waals surface area contributed by atoms with Crippen LogP contribution < -0.4 is 0 Å². The Balaban J connectivity index is 1.49. The summed E-state index contributed by atoms with van der Waals surface area (Å²) in [6.45, 7) is 0.125. The highest BCUT2D eigenvalue weighted by Crippen LogP contribution is 2.27. The van der Waals surface area contributed by atoms with E-state index in [1.807, 2.05) is 77.4 Å². The first kappa shape index (κ1) is 19.7. The molecule has 0 N–H and O–H groups in total. The average Bonchev–Trinajstić information content (AvgIpc) is 3.23. The van der Waals surface area contributed by atoms with Crippen LogP contribution in [0.15, 0.2) is 95.3 Å². The van der Waals surface area contributed by atoms with Crippen molar-refractivity contribution < 1.29 is 4.79 Å². The molecule has 0 atom stereocenters. The maximum Gasteiger partial charge on any atom is 0.196 e. The Bertz CT molecular complexity index is 1130. The molecule has 0 fully saturated rings. The average molecular weight is 414 g/mol. The van der Waals surface area contributed by atoms with Crippen LogP contribution in [0.5, 0.6) is 0 Å². The Morgan fingerprint density at radius 3 is 2.37 bits per heavy atom. The molecule has 0 saturated carbocycles. The predicted molar refractivity (Wildman–Crippen MR) is 119 cm³/mol. The second-order valence-corrected chi connectivity index (χ2v) is 7.36. The van der Waals surface area contributed by atoms with Gasteiger partial charge in [-0.2, -0.15) is 0 Å². The van der Waals surface area contributed by atoms with Crippen molar-refractivity contribution in [3.8, 4) is 17.1 Å². The molecule has 2 aromatic carbocycles. The lowest BCUT2D eigenvalue weighted by Crippen LogP contribution is -2.07. The van der Waals surface area contributed by atoms with E-state index in [4.69, 9.17) is 0 Å². The van der Waals surface area contributed by atoms with E-state index in [2.05, 4.69) is 20.2 Å². The number of nitrogens with zero attached hydrogens (tertiary/aromatic N) is 5. The topological polar surface area (TPSA) is 73.0 Å². The number of aromatic nitrogens is 4. The highest BCUT2D eigenvalue weighted by molar-refractivity contribution is 7.99. The monoisotopic (exact) mass is 413 g/mol. The summed E-state index contributed by atoms with van der Waals surface area (Å²) in [6, 6.07) is 23.5. The van der Waals surface area contributed by atoms with Crippen molar-refractivity contribution in [1.29, 1.82) is 0 Å². The van der Waals surface area contributed by atoms with Gasteiger partial charge in [-0.3, -0.25) is 19.3 Å². The van der Waals surface area contributed by atoms with E-state index in [-0.39, 0.29) is 18.1 Å². The number of hydrogen-bond donors (Lipinski definition) is 0. The van der Waals surface area contributed by atoms with E-state index in [1.165, 1.54) is 11.8 Å². The number of carbonyl (C=O) groups excluding carboxylic acids is 1. The lowest BCUT2D eigenvalue weighted by molar-refractivity contribution is -0.115. The maximum absolute atomic E-state index is 12.3. The molecule has 0 radical (unpaired) electrons. The molecule has 0 aliphatic rings. The number of pyridine rings is 1. The van der Waals surface area contributed by atoms with E-state index in [9.17, 15) is 4.79 Å². The third kappa shape index (κ3) is 4.87. The largest absolute Gasteiger partial charge is 0.297 e. The van der Waals surface area contributed by atoms with Crippen molar-refractivity contribution >= 4 is 23.8 Å². The first-order chi connectivity index (χ1) is 14.8. The van der Waals surface area contributed by atoms with Crippen molar-refractivity contribution in [1.82, 2.24) is 19.7 Å².